The van der Waals surface area contributed by atoms with Crippen molar-refractivity contribution in [3.05, 3.63) is 23.3 Å². The van der Waals surface area contributed by atoms with E-state index in [1.165, 1.54) is 23.5 Å². The van der Waals surface area contributed by atoms with Gasteiger partial charge >= 0.3 is 0 Å². The zero-order valence-corrected chi connectivity index (χ0v) is 22.4. The van der Waals surface area contributed by atoms with Crippen LogP contribution in [0, 0.1) is 0 Å². The van der Waals surface area contributed by atoms with E-state index in [1.54, 1.807) is 0 Å². The van der Waals surface area contributed by atoms with E-state index < -0.39 is 0 Å². The first kappa shape index (κ1) is 30.7. The van der Waals surface area contributed by atoms with E-state index in [2.05, 4.69) is 95.2 Å². The van der Waals surface area contributed by atoms with Gasteiger partial charge in [-0.15, -0.1) is 0 Å². The summed E-state index contributed by atoms with van der Waals surface area (Å²) in [6, 6.07) is 0. The van der Waals surface area contributed by atoms with Crippen LogP contribution in [0.15, 0.2) is 23.3 Å². The molecule has 0 spiro atoms. The van der Waals surface area contributed by atoms with Crippen LogP contribution < -0.4 is 0 Å². The van der Waals surface area contributed by atoms with Gasteiger partial charge in [0.25, 0.3) is 0 Å². The fourth-order valence-electron chi connectivity index (χ4n) is 2.61. The quantitative estimate of drug-likeness (QED) is 0.186. The summed E-state index contributed by atoms with van der Waals surface area (Å²) in [6.45, 7) is 27.6. The van der Waals surface area contributed by atoms with Gasteiger partial charge in [-0.2, -0.15) is 0 Å². The fourth-order valence-corrected chi connectivity index (χ4v) is 7.84. The molecule has 0 aromatic rings. The molecule has 0 bridgehead atoms. The van der Waals surface area contributed by atoms with Crippen LogP contribution >= 0.6 is 15.8 Å². The summed E-state index contributed by atoms with van der Waals surface area (Å²) in [7, 11) is 0.425. The van der Waals surface area contributed by atoms with Crippen LogP contribution in [0.3, 0.4) is 0 Å². The molecule has 0 N–H and O–H groups in total. The molecular formula is C22H46P2Pd. The van der Waals surface area contributed by atoms with Crippen LogP contribution in [0.25, 0.3) is 0 Å². The third-order valence-electron chi connectivity index (χ3n) is 4.07. The van der Waals surface area contributed by atoms with Crippen LogP contribution in [0.4, 0.5) is 0 Å². The van der Waals surface area contributed by atoms with E-state index in [0.29, 0.717) is 0 Å². The Morgan fingerprint density at radius 2 is 0.760 bits per heavy atom. The summed E-state index contributed by atoms with van der Waals surface area (Å²) >= 11 is 0. The molecule has 0 rings (SSSR count). The molecule has 0 aromatic carbocycles. The Kier molecular flexibility index (Phi) is 21.0. The molecule has 0 aliphatic carbocycles. The fraction of sp³-hybridized carbons (Fsp3) is 0.818. The van der Waals surface area contributed by atoms with Crippen LogP contribution in [-0.2, 0) is 20.4 Å². The zero-order chi connectivity index (χ0) is 19.4. The maximum atomic E-state index is 2.39. The van der Waals surface area contributed by atoms with Crippen molar-refractivity contribution in [2.24, 2.45) is 0 Å². The average Bonchev–Trinajstić information content (AvgIpc) is 2.37. The van der Waals surface area contributed by atoms with Crippen LogP contribution in [0.2, 0.25) is 0 Å². The molecule has 25 heavy (non-hydrogen) atoms. The van der Waals surface area contributed by atoms with Crippen molar-refractivity contribution in [2.75, 3.05) is 12.3 Å². The summed E-state index contributed by atoms with van der Waals surface area (Å²) < 4.78 is 0. The molecular weight excluding hydrogens is 433 g/mol. The van der Waals surface area contributed by atoms with Gasteiger partial charge in [-0.25, -0.2) is 0 Å². The van der Waals surface area contributed by atoms with Crippen molar-refractivity contribution in [3.8, 4) is 0 Å². The monoisotopic (exact) mass is 478 g/mol. The Morgan fingerprint density at radius 3 is 0.880 bits per heavy atom. The molecule has 0 amide bonds. The molecule has 0 fully saturated rings. The van der Waals surface area contributed by atoms with Crippen LogP contribution in [-0.4, -0.2) is 35.0 Å². The SMILES string of the molecule is CC(C)=CCP(C(C)C)C(C)C.CC(C)=CCP(C(C)C)C(C)C.[Pd]. The Labute approximate surface area is 177 Å². The smallest absolute Gasteiger partial charge is 0 e. The van der Waals surface area contributed by atoms with Gasteiger partial charge in [0.15, 0.2) is 0 Å². The van der Waals surface area contributed by atoms with E-state index >= 15 is 0 Å². The molecule has 0 aliphatic heterocycles. The largest absolute Gasteiger partial charge is 0.0976 e. The topological polar surface area (TPSA) is 0 Å². The molecule has 0 saturated carbocycles. The second-order valence-electron chi connectivity index (χ2n) is 8.33. The Hall–Kier alpha value is 1.00. The summed E-state index contributed by atoms with van der Waals surface area (Å²) in [5.41, 5.74) is 6.41. The van der Waals surface area contributed by atoms with Gasteiger partial charge in [-0.3, -0.25) is 0 Å². The van der Waals surface area contributed by atoms with E-state index in [-0.39, 0.29) is 36.3 Å². The van der Waals surface area contributed by atoms with Gasteiger partial charge in [-0.05, 0) is 62.7 Å². The molecule has 0 radical (unpaired) electrons. The van der Waals surface area contributed by atoms with Crippen molar-refractivity contribution >= 4 is 15.8 Å². The van der Waals surface area contributed by atoms with E-state index in [1.807, 2.05) is 0 Å². The molecule has 3 heteroatoms. The average molecular weight is 479 g/mol. The molecule has 0 saturated heterocycles. The minimum Gasteiger partial charge on any atom is -0.0976 e. The van der Waals surface area contributed by atoms with Gasteiger partial charge in [0.1, 0.15) is 0 Å². The van der Waals surface area contributed by atoms with Gasteiger partial charge in [-0.1, -0.05) is 94.5 Å². The number of allylic oxidation sites excluding steroid dienone is 4. The molecule has 0 heterocycles. The van der Waals surface area contributed by atoms with Gasteiger partial charge in [0.05, 0.1) is 0 Å². The molecule has 0 atom stereocenters. The van der Waals surface area contributed by atoms with Crippen LogP contribution in [0.1, 0.15) is 83.1 Å². The minimum absolute atomic E-state index is 0. The molecule has 0 unspecified atom stereocenters. The Bertz CT molecular complexity index is 308. The first-order chi connectivity index (χ1) is 10.9. The Balaban J connectivity index is -0.000000372. The van der Waals surface area contributed by atoms with Crippen molar-refractivity contribution in [1.29, 1.82) is 0 Å². The zero-order valence-electron chi connectivity index (χ0n) is 19.1. The first-order valence-electron chi connectivity index (χ1n) is 9.68. The predicted octanol–water partition coefficient (Wildman–Crippen LogP) is 8.50. The number of rotatable bonds is 8. The Morgan fingerprint density at radius 1 is 0.560 bits per heavy atom. The molecule has 0 aliphatic rings. The van der Waals surface area contributed by atoms with E-state index in [4.69, 9.17) is 0 Å². The van der Waals surface area contributed by atoms with Crippen LogP contribution in [0.5, 0.6) is 0 Å². The van der Waals surface area contributed by atoms with Gasteiger partial charge in [0, 0.05) is 20.4 Å². The molecule has 0 nitrogen and oxygen atoms in total. The van der Waals surface area contributed by atoms with Crippen molar-refractivity contribution in [2.45, 2.75) is 106 Å². The minimum atomic E-state index is 0. The standard InChI is InChI=1S/2C11H23P.Pd/c2*1-9(2)7-8-12(10(3)4)11(5)6;/h2*7,10-11H,8H2,1-6H3;. The van der Waals surface area contributed by atoms with E-state index in [9.17, 15) is 0 Å². The normalized spacial score (nSPS) is 11.0. The third kappa shape index (κ3) is 18.1. The summed E-state index contributed by atoms with van der Waals surface area (Å²) in [5, 5.41) is 0. The maximum absolute atomic E-state index is 2.39. The number of hydrogen-bond donors (Lipinski definition) is 0. The predicted molar refractivity (Wildman–Crippen MR) is 123 cm³/mol. The van der Waals surface area contributed by atoms with Crippen molar-refractivity contribution < 1.29 is 20.4 Å². The molecule has 154 valence electrons. The summed E-state index contributed by atoms with van der Waals surface area (Å²) in [6.07, 6.45) is 7.41. The van der Waals surface area contributed by atoms with Gasteiger partial charge < -0.3 is 0 Å². The summed E-state index contributed by atoms with van der Waals surface area (Å²) in [4.78, 5) is 0. The van der Waals surface area contributed by atoms with E-state index in [0.717, 1.165) is 22.6 Å². The number of hydrogen-bond acceptors (Lipinski definition) is 0. The third-order valence-corrected chi connectivity index (χ3v) is 10.6. The maximum Gasteiger partial charge on any atom is 0 e. The second kappa shape index (κ2) is 17.1. The second-order valence-corrected chi connectivity index (χ2v) is 15.2. The van der Waals surface area contributed by atoms with Crippen molar-refractivity contribution in [1.82, 2.24) is 0 Å². The van der Waals surface area contributed by atoms with Crippen molar-refractivity contribution in [3.63, 3.8) is 0 Å². The molecule has 0 aromatic heterocycles. The summed E-state index contributed by atoms with van der Waals surface area (Å²) in [5.74, 6) is 0. The first-order valence-corrected chi connectivity index (χ1v) is 13.0. The van der Waals surface area contributed by atoms with Gasteiger partial charge in [0.2, 0.25) is 0 Å².